The minimum Gasteiger partial charge on any atom is -0.393 e. The first-order valence-corrected chi connectivity index (χ1v) is 9.96. The average molecular weight is 359 g/mol. The van der Waals surface area contributed by atoms with Crippen molar-refractivity contribution in [1.29, 1.82) is 0 Å². The number of nitro groups is 1. The first-order valence-electron chi connectivity index (χ1n) is 9.96. The molecule has 3 fully saturated rings. The van der Waals surface area contributed by atoms with Crippen LogP contribution >= 0.6 is 0 Å². The van der Waals surface area contributed by atoms with Gasteiger partial charge in [0, 0.05) is 48.9 Å². The van der Waals surface area contributed by atoms with Crippen LogP contribution in [0.1, 0.15) is 44.9 Å². The fraction of sp³-hybridized carbons (Fsp3) is 0.700. The summed E-state index contributed by atoms with van der Waals surface area (Å²) in [5, 5.41) is 20.6. The molecule has 4 rings (SSSR count). The van der Waals surface area contributed by atoms with Gasteiger partial charge < -0.3 is 10.0 Å². The summed E-state index contributed by atoms with van der Waals surface area (Å²) in [7, 11) is 0. The van der Waals surface area contributed by atoms with Gasteiger partial charge in [0.2, 0.25) is 0 Å². The van der Waals surface area contributed by atoms with Crippen molar-refractivity contribution >= 4 is 11.4 Å². The van der Waals surface area contributed by atoms with Gasteiger partial charge in [0.05, 0.1) is 11.0 Å². The van der Waals surface area contributed by atoms with Gasteiger partial charge in [0.25, 0.3) is 5.69 Å². The largest absolute Gasteiger partial charge is 0.393 e. The highest BCUT2D eigenvalue weighted by atomic mass is 16.6. The molecule has 0 amide bonds. The molecule has 3 aliphatic rings. The number of piperidine rings is 1. The van der Waals surface area contributed by atoms with E-state index in [0.29, 0.717) is 11.5 Å². The molecule has 0 aromatic heterocycles. The number of benzene rings is 1. The summed E-state index contributed by atoms with van der Waals surface area (Å²) in [4.78, 5) is 15.6. The molecule has 0 bridgehead atoms. The Hall–Kier alpha value is -1.66. The first kappa shape index (κ1) is 17.7. The van der Waals surface area contributed by atoms with Crippen molar-refractivity contribution < 1.29 is 10.0 Å². The fourth-order valence-corrected chi connectivity index (χ4v) is 5.25. The lowest BCUT2D eigenvalue weighted by molar-refractivity contribution is -0.384. The molecule has 0 radical (unpaired) electrons. The van der Waals surface area contributed by atoms with Crippen molar-refractivity contribution in [3.8, 4) is 0 Å². The maximum Gasteiger partial charge on any atom is 0.269 e. The van der Waals surface area contributed by atoms with E-state index in [1.807, 2.05) is 12.1 Å². The monoisotopic (exact) mass is 359 g/mol. The van der Waals surface area contributed by atoms with E-state index in [9.17, 15) is 15.2 Å². The van der Waals surface area contributed by atoms with Gasteiger partial charge >= 0.3 is 0 Å². The summed E-state index contributed by atoms with van der Waals surface area (Å²) < 4.78 is 0. The zero-order chi connectivity index (χ0) is 18.1. The second-order valence-electron chi connectivity index (χ2n) is 8.48. The Morgan fingerprint density at radius 2 is 1.77 bits per heavy atom. The summed E-state index contributed by atoms with van der Waals surface area (Å²) in [6, 6.07) is 7.67. The summed E-state index contributed by atoms with van der Waals surface area (Å²) in [6.45, 7) is 4.43. The van der Waals surface area contributed by atoms with Crippen LogP contribution in [-0.2, 0) is 0 Å². The number of anilines is 1. The number of aliphatic hydroxyl groups excluding tert-OH is 1. The van der Waals surface area contributed by atoms with Crippen LogP contribution < -0.4 is 4.90 Å². The van der Waals surface area contributed by atoms with E-state index < -0.39 is 0 Å². The zero-order valence-electron chi connectivity index (χ0n) is 15.3. The van der Waals surface area contributed by atoms with E-state index in [0.717, 1.165) is 51.0 Å². The van der Waals surface area contributed by atoms with Crippen LogP contribution in [0.4, 0.5) is 11.4 Å². The van der Waals surface area contributed by atoms with Crippen molar-refractivity contribution in [3.63, 3.8) is 0 Å². The lowest BCUT2D eigenvalue weighted by atomic mass is 9.79. The SMILES string of the molecule is O=[N+]([O-])c1ccc(N2CCCC3(CCN([C@H]4CC[C@H](O)CC4)C3)C2)cc1. The minimum atomic E-state index is -0.336. The van der Waals surface area contributed by atoms with Gasteiger partial charge in [-0.15, -0.1) is 0 Å². The van der Waals surface area contributed by atoms with Crippen molar-refractivity contribution in [1.82, 2.24) is 4.90 Å². The molecule has 1 aromatic rings. The molecule has 2 aliphatic heterocycles. The van der Waals surface area contributed by atoms with Crippen LogP contribution in [0.2, 0.25) is 0 Å². The van der Waals surface area contributed by atoms with Gasteiger partial charge in [-0.3, -0.25) is 15.0 Å². The molecule has 2 saturated heterocycles. The van der Waals surface area contributed by atoms with E-state index in [-0.39, 0.29) is 16.7 Å². The van der Waals surface area contributed by atoms with E-state index in [4.69, 9.17) is 0 Å². The van der Waals surface area contributed by atoms with Crippen LogP contribution in [0.5, 0.6) is 0 Å². The highest BCUT2D eigenvalue weighted by Crippen LogP contribution is 2.42. The second-order valence-corrected chi connectivity index (χ2v) is 8.48. The number of nitro benzene ring substituents is 1. The van der Waals surface area contributed by atoms with Gasteiger partial charge in [-0.1, -0.05) is 0 Å². The Morgan fingerprint density at radius 3 is 2.46 bits per heavy atom. The lowest BCUT2D eigenvalue weighted by Crippen LogP contribution is -2.46. The molecular formula is C20H29N3O3. The van der Waals surface area contributed by atoms with Gasteiger partial charge in [-0.25, -0.2) is 0 Å². The third-order valence-electron chi connectivity index (χ3n) is 6.74. The van der Waals surface area contributed by atoms with Crippen molar-refractivity contribution in [3.05, 3.63) is 34.4 Å². The summed E-state index contributed by atoms with van der Waals surface area (Å²) >= 11 is 0. The number of hydrogen-bond donors (Lipinski definition) is 1. The van der Waals surface area contributed by atoms with Crippen LogP contribution in [0.25, 0.3) is 0 Å². The topological polar surface area (TPSA) is 69.9 Å². The lowest BCUT2D eigenvalue weighted by Gasteiger charge is -2.42. The molecule has 6 nitrogen and oxygen atoms in total. The Balaban J connectivity index is 1.41. The molecule has 142 valence electrons. The maximum absolute atomic E-state index is 10.9. The molecule has 2 heterocycles. The Bertz CT molecular complexity index is 642. The molecule has 1 atom stereocenters. The number of rotatable bonds is 3. The van der Waals surface area contributed by atoms with Crippen molar-refractivity contribution in [2.45, 2.75) is 57.1 Å². The fourth-order valence-electron chi connectivity index (χ4n) is 5.25. The molecule has 1 N–H and O–H groups in total. The van der Waals surface area contributed by atoms with Crippen LogP contribution in [0, 0.1) is 15.5 Å². The Morgan fingerprint density at radius 1 is 1.04 bits per heavy atom. The molecule has 1 aliphatic carbocycles. The van der Waals surface area contributed by atoms with Crippen molar-refractivity contribution in [2.75, 3.05) is 31.1 Å². The smallest absolute Gasteiger partial charge is 0.269 e. The quantitative estimate of drug-likeness (QED) is 0.663. The molecular weight excluding hydrogens is 330 g/mol. The number of aliphatic hydroxyl groups is 1. The summed E-state index contributed by atoms with van der Waals surface area (Å²) in [6.07, 6.45) is 7.78. The van der Waals surface area contributed by atoms with Gasteiger partial charge in [-0.05, 0) is 63.6 Å². The third-order valence-corrected chi connectivity index (χ3v) is 6.74. The normalized spacial score (nSPS) is 32.9. The van der Waals surface area contributed by atoms with Gasteiger partial charge in [0.1, 0.15) is 0 Å². The molecule has 26 heavy (non-hydrogen) atoms. The number of likely N-dealkylation sites (tertiary alicyclic amines) is 1. The highest BCUT2D eigenvalue weighted by molar-refractivity contribution is 5.51. The van der Waals surface area contributed by atoms with Crippen LogP contribution in [0.15, 0.2) is 24.3 Å². The maximum atomic E-state index is 10.9. The van der Waals surface area contributed by atoms with Gasteiger partial charge in [-0.2, -0.15) is 0 Å². The molecule has 1 spiro atoms. The van der Waals surface area contributed by atoms with E-state index >= 15 is 0 Å². The number of nitrogens with zero attached hydrogens (tertiary/aromatic N) is 3. The van der Waals surface area contributed by atoms with E-state index in [1.54, 1.807) is 12.1 Å². The minimum absolute atomic E-state index is 0.0878. The molecule has 1 saturated carbocycles. The van der Waals surface area contributed by atoms with E-state index in [1.165, 1.54) is 25.8 Å². The Labute approximate surface area is 154 Å². The first-order chi connectivity index (χ1) is 12.5. The second kappa shape index (κ2) is 7.16. The predicted octanol–water partition coefficient (Wildman–Crippen LogP) is 3.19. The summed E-state index contributed by atoms with van der Waals surface area (Å²) in [5.74, 6) is 0. The standard InChI is InChI=1S/C20H29N3O3/c24-19-8-6-17(7-9-19)22-13-11-20(15-22)10-1-12-21(14-20)16-2-4-18(5-3-16)23(25)26/h2-5,17,19,24H,1,6-15H2/t17-,19-,20?. The number of hydrogen-bond acceptors (Lipinski definition) is 5. The number of non-ortho nitro benzene ring substituents is 1. The highest BCUT2D eigenvalue weighted by Gasteiger charge is 2.43. The third kappa shape index (κ3) is 3.58. The summed E-state index contributed by atoms with van der Waals surface area (Å²) in [5.41, 5.74) is 1.62. The van der Waals surface area contributed by atoms with E-state index in [2.05, 4.69) is 9.80 Å². The molecule has 1 unspecified atom stereocenters. The molecule has 1 aromatic carbocycles. The van der Waals surface area contributed by atoms with Crippen LogP contribution in [-0.4, -0.2) is 53.3 Å². The van der Waals surface area contributed by atoms with Crippen LogP contribution in [0.3, 0.4) is 0 Å². The Kier molecular flexibility index (Phi) is 4.88. The average Bonchev–Trinajstić information content (AvgIpc) is 3.05. The molecule has 6 heteroatoms. The van der Waals surface area contributed by atoms with Crippen molar-refractivity contribution in [2.24, 2.45) is 5.41 Å². The predicted molar refractivity (Wildman–Crippen MR) is 101 cm³/mol. The van der Waals surface area contributed by atoms with Gasteiger partial charge in [0.15, 0.2) is 0 Å². The zero-order valence-corrected chi connectivity index (χ0v) is 15.3.